The molecule has 0 saturated heterocycles. The Labute approximate surface area is 175 Å². The zero-order valence-corrected chi connectivity index (χ0v) is 18.9. The lowest BCUT2D eigenvalue weighted by Gasteiger charge is -2.25. The van der Waals surface area contributed by atoms with Crippen molar-refractivity contribution in [1.82, 2.24) is 0 Å². The van der Waals surface area contributed by atoms with Crippen LogP contribution in [0.15, 0.2) is 0 Å². The first-order valence-corrected chi connectivity index (χ1v) is 10.8. The Morgan fingerprint density at radius 2 is 1.48 bits per heavy atom. The van der Waals surface area contributed by atoms with Crippen molar-refractivity contribution in [1.29, 1.82) is 0 Å². The molecule has 0 radical (unpaired) electrons. The van der Waals surface area contributed by atoms with Crippen molar-refractivity contribution in [3.05, 3.63) is 0 Å². The van der Waals surface area contributed by atoms with Gasteiger partial charge in [0.1, 0.15) is 12.7 Å². The molecule has 0 bridgehead atoms. The first-order chi connectivity index (χ1) is 13.8. The highest BCUT2D eigenvalue weighted by molar-refractivity contribution is 5.76. The first-order valence-electron chi connectivity index (χ1n) is 10.8. The summed E-state index contributed by atoms with van der Waals surface area (Å²) in [6, 6.07) is 0. The second-order valence-electron chi connectivity index (χ2n) is 7.94. The number of unbranched alkanes of at least 4 members (excludes halogenated alkanes) is 4. The van der Waals surface area contributed by atoms with Crippen LogP contribution in [0.3, 0.4) is 0 Å². The molecule has 0 amide bonds. The zero-order chi connectivity index (χ0) is 22.1. The number of carbonyl (C=O) groups is 3. The Balaban J connectivity index is 4.20. The molecule has 1 atom stereocenters. The summed E-state index contributed by atoms with van der Waals surface area (Å²) < 4.78 is 20.3. The van der Waals surface area contributed by atoms with E-state index in [1.165, 1.54) is 20.0 Å². The summed E-state index contributed by atoms with van der Waals surface area (Å²) in [5, 5.41) is 0. The predicted octanol–water partition coefficient (Wildman–Crippen LogP) is 4.56. The van der Waals surface area contributed by atoms with Gasteiger partial charge in [0.15, 0.2) is 6.79 Å². The van der Waals surface area contributed by atoms with Gasteiger partial charge in [0.05, 0.1) is 5.41 Å². The molecule has 0 saturated carbocycles. The fourth-order valence-electron chi connectivity index (χ4n) is 2.65. The zero-order valence-electron chi connectivity index (χ0n) is 18.9. The minimum absolute atomic E-state index is 0.0695. The SMILES string of the molecule is CCCCCCCC(=O)OCC(CC)OC(=O)C(C)(C)CCCC(=O)OCOC. The fraction of sp³-hybridized carbons (Fsp3) is 0.864. The second-order valence-corrected chi connectivity index (χ2v) is 7.94. The predicted molar refractivity (Wildman–Crippen MR) is 110 cm³/mol. The molecule has 0 fully saturated rings. The number of rotatable bonds is 17. The van der Waals surface area contributed by atoms with E-state index >= 15 is 0 Å². The molecule has 1 unspecified atom stereocenters. The van der Waals surface area contributed by atoms with Crippen molar-refractivity contribution < 1.29 is 33.3 Å². The third kappa shape index (κ3) is 14.1. The van der Waals surface area contributed by atoms with Crippen LogP contribution in [0.2, 0.25) is 0 Å². The van der Waals surface area contributed by atoms with Crippen LogP contribution in [0.4, 0.5) is 0 Å². The van der Waals surface area contributed by atoms with E-state index in [9.17, 15) is 14.4 Å². The molecule has 0 aliphatic heterocycles. The van der Waals surface area contributed by atoms with Gasteiger partial charge in [0, 0.05) is 20.0 Å². The van der Waals surface area contributed by atoms with Crippen LogP contribution in [0, 0.1) is 5.41 Å². The van der Waals surface area contributed by atoms with Gasteiger partial charge in [-0.15, -0.1) is 0 Å². The van der Waals surface area contributed by atoms with Gasteiger partial charge in [0.25, 0.3) is 0 Å². The number of hydrogen-bond donors (Lipinski definition) is 0. The fourth-order valence-corrected chi connectivity index (χ4v) is 2.65. The van der Waals surface area contributed by atoms with Gasteiger partial charge in [0.2, 0.25) is 0 Å². The summed E-state index contributed by atoms with van der Waals surface area (Å²) in [4.78, 5) is 35.8. The van der Waals surface area contributed by atoms with Crippen LogP contribution < -0.4 is 0 Å². The highest BCUT2D eigenvalue weighted by Gasteiger charge is 2.31. The van der Waals surface area contributed by atoms with Crippen LogP contribution >= 0.6 is 0 Å². The van der Waals surface area contributed by atoms with Crippen molar-refractivity contribution in [3.8, 4) is 0 Å². The van der Waals surface area contributed by atoms with E-state index in [0.717, 1.165) is 19.3 Å². The molecule has 0 aliphatic carbocycles. The van der Waals surface area contributed by atoms with Crippen molar-refractivity contribution in [2.45, 2.75) is 98.0 Å². The number of hydrogen-bond acceptors (Lipinski definition) is 7. The quantitative estimate of drug-likeness (QED) is 0.149. The van der Waals surface area contributed by atoms with Gasteiger partial charge in [-0.05, 0) is 39.5 Å². The minimum atomic E-state index is -0.738. The Bertz CT molecular complexity index is 474. The van der Waals surface area contributed by atoms with Gasteiger partial charge in [-0.3, -0.25) is 14.4 Å². The molecule has 0 aromatic carbocycles. The molecule has 7 heteroatoms. The van der Waals surface area contributed by atoms with Crippen LogP contribution in [0.25, 0.3) is 0 Å². The third-order valence-corrected chi connectivity index (χ3v) is 4.72. The summed E-state index contributed by atoms with van der Waals surface area (Å²) >= 11 is 0. The normalized spacial score (nSPS) is 12.3. The summed E-state index contributed by atoms with van der Waals surface area (Å²) in [6.45, 7) is 7.61. The molecule has 0 aromatic heterocycles. The van der Waals surface area contributed by atoms with Crippen molar-refractivity contribution in [2.75, 3.05) is 20.5 Å². The molecule has 0 rings (SSSR count). The van der Waals surface area contributed by atoms with E-state index in [0.29, 0.717) is 25.7 Å². The Morgan fingerprint density at radius 3 is 2.10 bits per heavy atom. The molecular formula is C22H40O7. The molecule has 0 spiro atoms. The van der Waals surface area contributed by atoms with Crippen LogP contribution in [-0.2, 0) is 33.3 Å². The summed E-state index contributed by atoms with van der Waals surface area (Å²) in [5.74, 6) is -0.959. The Morgan fingerprint density at radius 1 is 0.862 bits per heavy atom. The van der Waals surface area contributed by atoms with Gasteiger partial charge in [-0.25, -0.2) is 0 Å². The lowest BCUT2D eigenvalue weighted by molar-refractivity contribution is -0.167. The molecule has 29 heavy (non-hydrogen) atoms. The maximum absolute atomic E-state index is 12.5. The number of esters is 3. The van der Waals surface area contributed by atoms with E-state index in [1.54, 1.807) is 13.8 Å². The van der Waals surface area contributed by atoms with Gasteiger partial charge < -0.3 is 18.9 Å². The van der Waals surface area contributed by atoms with Gasteiger partial charge >= 0.3 is 17.9 Å². The molecule has 0 aromatic rings. The molecule has 0 aliphatic rings. The topological polar surface area (TPSA) is 88.1 Å². The first kappa shape index (κ1) is 27.4. The molecule has 0 N–H and O–H groups in total. The number of carbonyl (C=O) groups excluding carboxylic acids is 3. The molecular weight excluding hydrogens is 376 g/mol. The largest absolute Gasteiger partial charge is 0.462 e. The highest BCUT2D eigenvalue weighted by Crippen LogP contribution is 2.26. The van der Waals surface area contributed by atoms with Gasteiger partial charge in [-0.2, -0.15) is 0 Å². The Kier molecular flexibility index (Phi) is 15.3. The minimum Gasteiger partial charge on any atom is -0.462 e. The van der Waals surface area contributed by atoms with E-state index in [2.05, 4.69) is 11.7 Å². The van der Waals surface area contributed by atoms with Crippen LogP contribution in [0.1, 0.15) is 91.9 Å². The van der Waals surface area contributed by atoms with Crippen LogP contribution in [-0.4, -0.2) is 44.5 Å². The van der Waals surface area contributed by atoms with Gasteiger partial charge in [-0.1, -0.05) is 39.5 Å². The van der Waals surface area contributed by atoms with E-state index in [1.807, 2.05) is 6.92 Å². The smallest absolute Gasteiger partial charge is 0.311 e. The highest BCUT2D eigenvalue weighted by atomic mass is 16.7. The average Bonchev–Trinajstić information content (AvgIpc) is 2.68. The Hall–Kier alpha value is -1.63. The summed E-state index contributed by atoms with van der Waals surface area (Å²) in [7, 11) is 1.45. The van der Waals surface area contributed by atoms with E-state index < -0.39 is 11.5 Å². The maximum Gasteiger partial charge on any atom is 0.311 e. The lowest BCUT2D eigenvalue weighted by atomic mass is 9.87. The lowest BCUT2D eigenvalue weighted by Crippen LogP contribution is -2.33. The molecule has 7 nitrogen and oxygen atoms in total. The number of methoxy groups -OCH3 is 1. The summed E-state index contributed by atoms with van der Waals surface area (Å²) in [5.41, 5.74) is -0.738. The summed E-state index contributed by atoms with van der Waals surface area (Å²) in [6.07, 6.45) is 7.07. The van der Waals surface area contributed by atoms with Crippen LogP contribution in [0.5, 0.6) is 0 Å². The number of ether oxygens (including phenoxy) is 4. The second kappa shape index (κ2) is 16.2. The van der Waals surface area contributed by atoms with Crippen molar-refractivity contribution >= 4 is 17.9 Å². The van der Waals surface area contributed by atoms with E-state index in [4.69, 9.17) is 14.2 Å². The van der Waals surface area contributed by atoms with Crippen molar-refractivity contribution in [3.63, 3.8) is 0 Å². The third-order valence-electron chi connectivity index (χ3n) is 4.72. The monoisotopic (exact) mass is 416 g/mol. The standard InChI is InChI=1S/C22H40O7/c1-6-8-9-10-11-13-19(23)27-16-18(7-2)29-21(25)22(3,4)15-12-14-20(24)28-17-26-5/h18H,6-17H2,1-5H3. The average molecular weight is 417 g/mol. The molecule has 170 valence electrons. The molecule has 0 heterocycles. The van der Waals surface area contributed by atoms with Crippen molar-refractivity contribution in [2.24, 2.45) is 5.41 Å². The maximum atomic E-state index is 12.5. The van der Waals surface area contributed by atoms with E-state index in [-0.39, 0.29) is 37.7 Å².